The fourth-order valence-electron chi connectivity index (χ4n) is 2.22. The highest BCUT2D eigenvalue weighted by atomic mass is 19.2. The lowest BCUT2D eigenvalue weighted by Crippen LogP contribution is -2.00. The number of H-pyrrole nitrogens is 1. The first-order chi connectivity index (χ1) is 11.3. The minimum absolute atomic E-state index is 0.183. The van der Waals surface area contributed by atoms with E-state index in [1.165, 1.54) is 0 Å². The van der Waals surface area contributed by atoms with E-state index in [9.17, 15) is 27.1 Å². The Balaban J connectivity index is 2.17. The second-order valence-electron chi connectivity index (χ2n) is 4.94. The number of nitrogens with zero attached hydrogens (tertiary/aromatic N) is 2. The van der Waals surface area contributed by atoms with Gasteiger partial charge in [0, 0.05) is 5.39 Å². The lowest BCUT2D eigenvalue weighted by atomic mass is 10.1. The van der Waals surface area contributed by atoms with E-state index in [4.69, 9.17) is 0 Å². The summed E-state index contributed by atoms with van der Waals surface area (Å²) in [5.41, 5.74) is -0.368. The van der Waals surface area contributed by atoms with Crippen LogP contribution in [0.4, 0.5) is 33.3 Å². The number of hydrogen-bond donors (Lipinski definition) is 2. The van der Waals surface area contributed by atoms with Crippen LogP contribution in [0.15, 0.2) is 28.4 Å². The maximum atomic E-state index is 13.6. The van der Waals surface area contributed by atoms with Gasteiger partial charge in [-0.15, -0.1) is 10.2 Å². The zero-order valence-corrected chi connectivity index (χ0v) is 12.0. The van der Waals surface area contributed by atoms with Crippen molar-refractivity contribution < 1.29 is 27.1 Å². The molecular formula is C15H8F5N3O. The minimum Gasteiger partial charge on any atom is -0.493 e. The predicted molar refractivity (Wildman–Crippen MR) is 75.1 cm³/mol. The maximum Gasteiger partial charge on any atom is 0.218 e. The summed E-state index contributed by atoms with van der Waals surface area (Å²) in [6.45, 7) is 1.74. The number of halogens is 5. The lowest BCUT2D eigenvalue weighted by molar-refractivity contribution is 0.380. The van der Waals surface area contributed by atoms with E-state index in [0.717, 1.165) is 5.56 Å². The molecule has 0 radical (unpaired) electrons. The van der Waals surface area contributed by atoms with Gasteiger partial charge in [-0.05, 0) is 12.5 Å². The molecule has 0 aliphatic heterocycles. The number of benzene rings is 2. The second kappa shape index (κ2) is 5.59. The summed E-state index contributed by atoms with van der Waals surface area (Å²) in [4.78, 5) is 2.60. The van der Waals surface area contributed by atoms with Gasteiger partial charge in [0.15, 0.2) is 34.6 Å². The number of hydrogen-bond acceptors (Lipinski definition) is 3. The van der Waals surface area contributed by atoms with Gasteiger partial charge in [-0.1, -0.05) is 18.2 Å². The largest absolute Gasteiger partial charge is 0.493 e. The summed E-state index contributed by atoms with van der Waals surface area (Å²) in [6, 6.07) is 4.93. The third-order valence-corrected chi connectivity index (χ3v) is 3.43. The molecule has 0 saturated carbocycles. The lowest BCUT2D eigenvalue weighted by Gasteiger charge is -2.02. The molecule has 0 atom stereocenters. The Labute approximate surface area is 131 Å². The van der Waals surface area contributed by atoms with Crippen LogP contribution in [-0.2, 0) is 0 Å². The average molecular weight is 341 g/mol. The molecule has 4 nitrogen and oxygen atoms in total. The standard InChI is InChI=1S/C15H8F5N3O/c1-5-3-2-4-6-12(5)21-15(24)13(6)22-23-14-10(19)8(17)7(16)9(18)11(14)20/h2-4,21,24H,1H3. The molecule has 2 N–H and O–H groups in total. The fraction of sp³-hybridized carbons (Fsp3) is 0.0667. The number of aromatic nitrogens is 1. The predicted octanol–water partition coefficient (Wildman–Crippen LogP) is 5.29. The van der Waals surface area contributed by atoms with E-state index in [0.29, 0.717) is 10.9 Å². The van der Waals surface area contributed by atoms with Gasteiger partial charge in [-0.25, -0.2) is 22.0 Å². The fourth-order valence-corrected chi connectivity index (χ4v) is 2.22. The van der Waals surface area contributed by atoms with Crippen molar-refractivity contribution in [3.05, 3.63) is 52.8 Å². The molecule has 0 spiro atoms. The van der Waals surface area contributed by atoms with Crippen LogP contribution < -0.4 is 0 Å². The molecule has 0 aliphatic rings. The summed E-state index contributed by atoms with van der Waals surface area (Å²) >= 11 is 0. The molecule has 0 unspecified atom stereocenters. The average Bonchev–Trinajstić information content (AvgIpc) is 2.88. The summed E-state index contributed by atoms with van der Waals surface area (Å²) in [5, 5.41) is 16.7. The van der Waals surface area contributed by atoms with E-state index < -0.39 is 40.7 Å². The van der Waals surface area contributed by atoms with Gasteiger partial charge < -0.3 is 10.1 Å². The Morgan fingerprint density at radius 3 is 2.00 bits per heavy atom. The van der Waals surface area contributed by atoms with Crippen molar-refractivity contribution in [2.24, 2.45) is 10.2 Å². The smallest absolute Gasteiger partial charge is 0.218 e. The Morgan fingerprint density at radius 2 is 1.38 bits per heavy atom. The van der Waals surface area contributed by atoms with Crippen LogP contribution in [0.1, 0.15) is 5.56 Å². The van der Waals surface area contributed by atoms with Gasteiger partial charge in [0.2, 0.25) is 11.7 Å². The van der Waals surface area contributed by atoms with E-state index >= 15 is 0 Å². The molecule has 3 aromatic rings. The van der Waals surface area contributed by atoms with Crippen molar-refractivity contribution >= 4 is 22.3 Å². The molecule has 1 aromatic heterocycles. The molecule has 0 saturated heterocycles. The minimum atomic E-state index is -2.28. The Bertz CT molecular complexity index is 968. The SMILES string of the molecule is Cc1cccc2c(N=Nc3c(F)c(F)c(F)c(F)c3F)c(O)[nH]c12. The number of para-hydroxylation sites is 1. The highest BCUT2D eigenvalue weighted by molar-refractivity contribution is 5.95. The van der Waals surface area contributed by atoms with Crippen molar-refractivity contribution in [1.29, 1.82) is 0 Å². The first-order valence-electron chi connectivity index (χ1n) is 6.56. The van der Waals surface area contributed by atoms with Crippen LogP contribution in [0.5, 0.6) is 5.88 Å². The third kappa shape index (κ3) is 2.29. The van der Waals surface area contributed by atoms with E-state index in [1.54, 1.807) is 25.1 Å². The highest BCUT2D eigenvalue weighted by Crippen LogP contribution is 2.38. The zero-order valence-electron chi connectivity index (χ0n) is 12.0. The van der Waals surface area contributed by atoms with Gasteiger partial charge in [0.1, 0.15) is 0 Å². The summed E-state index contributed by atoms with van der Waals surface area (Å²) in [7, 11) is 0. The van der Waals surface area contributed by atoms with Gasteiger partial charge in [-0.3, -0.25) is 0 Å². The van der Waals surface area contributed by atoms with Crippen molar-refractivity contribution in [1.82, 2.24) is 4.98 Å². The number of nitrogens with one attached hydrogen (secondary N) is 1. The van der Waals surface area contributed by atoms with E-state index in [2.05, 4.69) is 15.2 Å². The molecule has 3 rings (SSSR count). The second-order valence-corrected chi connectivity index (χ2v) is 4.94. The molecular weight excluding hydrogens is 333 g/mol. The number of aryl methyl sites for hydroxylation is 1. The highest BCUT2D eigenvalue weighted by Gasteiger charge is 2.26. The molecule has 0 amide bonds. The molecule has 0 aliphatic carbocycles. The van der Waals surface area contributed by atoms with Crippen molar-refractivity contribution in [3.8, 4) is 5.88 Å². The van der Waals surface area contributed by atoms with Crippen molar-refractivity contribution in [3.63, 3.8) is 0 Å². The van der Waals surface area contributed by atoms with Gasteiger partial charge >= 0.3 is 0 Å². The number of aromatic hydroxyl groups is 1. The van der Waals surface area contributed by atoms with E-state index in [1.807, 2.05) is 0 Å². The van der Waals surface area contributed by atoms with Crippen LogP contribution in [-0.4, -0.2) is 10.1 Å². The molecule has 0 fully saturated rings. The number of rotatable bonds is 2. The Kier molecular flexibility index (Phi) is 3.70. The number of aromatic amines is 1. The van der Waals surface area contributed by atoms with Crippen LogP contribution in [0.2, 0.25) is 0 Å². The first kappa shape index (κ1) is 15.9. The van der Waals surface area contributed by atoms with Crippen molar-refractivity contribution in [2.45, 2.75) is 6.92 Å². The zero-order chi connectivity index (χ0) is 17.6. The van der Waals surface area contributed by atoms with E-state index in [-0.39, 0.29) is 5.69 Å². The van der Waals surface area contributed by atoms with Crippen molar-refractivity contribution in [2.75, 3.05) is 0 Å². The molecule has 9 heteroatoms. The molecule has 124 valence electrons. The molecule has 0 bridgehead atoms. The first-order valence-corrected chi connectivity index (χ1v) is 6.56. The normalized spacial score (nSPS) is 11.8. The van der Waals surface area contributed by atoms with Gasteiger partial charge in [-0.2, -0.15) is 0 Å². The summed E-state index contributed by atoms with van der Waals surface area (Å²) in [6.07, 6.45) is 0. The topological polar surface area (TPSA) is 60.7 Å². The van der Waals surface area contributed by atoms with Gasteiger partial charge in [0.25, 0.3) is 0 Å². The Morgan fingerprint density at radius 1 is 0.833 bits per heavy atom. The van der Waals surface area contributed by atoms with Crippen LogP contribution in [0.25, 0.3) is 10.9 Å². The van der Waals surface area contributed by atoms with Gasteiger partial charge in [0.05, 0.1) is 5.52 Å². The maximum absolute atomic E-state index is 13.6. The monoisotopic (exact) mass is 341 g/mol. The Hall–Kier alpha value is -2.97. The third-order valence-electron chi connectivity index (χ3n) is 3.43. The van der Waals surface area contributed by atoms with Crippen LogP contribution >= 0.6 is 0 Å². The molecule has 24 heavy (non-hydrogen) atoms. The number of azo groups is 1. The molecule has 2 aromatic carbocycles. The van der Waals surface area contributed by atoms with Crippen LogP contribution in [0.3, 0.4) is 0 Å². The summed E-state index contributed by atoms with van der Waals surface area (Å²) in [5.74, 6) is -11.2. The number of fused-ring (bicyclic) bond motifs is 1. The summed E-state index contributed by atoms with van der Waals surface area (Å²) < 4.78 is 66.4. The molecule has 1 heterocycles. The quantitative estimate of drug-likeness (QED) is 0.283. The van der Waals surface area contributed by atoms with Crippen LogP contribution in [0, 0.1) is 36.0 Å².